The van der Waals surface area contributed by atoms with E-state index in [4.69, 9.17) is 21.1 Å². The lowest BCUT2D eigenvalue weighted by Gasteiger charge is -2.22. The number of halogens is 2. The van der Waals surface area contributed by atoms with E-state index in [1.54, 1.807) is 7.05 Å². The molecule has 0 saturated heterocycles. The van der Waals surface area contributed by atoms with Crippen LogP contribution in [0, 0.1) is 5.82 Å². The zero-order valence-electron chi connectivity index (χ0n) is 10.9. The van der Waals surface area contributed by atoms with Crippen LogP contribution >= 0.6 is 11.6 Å². The lowest BCUT2D eigenvalue weighted by Crippen LogP contribution is -2.38. The summed E-state index contributed by atoms with van der Waals surface area (Å²) in [7, 11) is 4.49. The van der Waals surface area contributed by atoms with Crippen LogP contribution in [0.5, 0.6) is 0 Å². The third-order valence-corrected chi connectivity index (χ3v) is 2.70. The summed E-state index contributed by atoms with van der Waals surface area (Å²) in [6.07, 6.45) is -0.536. The molecule has 0 aliphatic heterocycles. The number of urea groups is 1. The van der Waals surface area contributed by atoms with E-state index in [1.807, 2.05) is 0 Å². The number of methoxy groups -OCH3 is 2. The molecular weight excluding hydrogens is 275 g/mol. The van der Waals surface area contributed by atoms with Gasteiger partial charge in [0.05, 0.1) is 12.2 Å². The van der Waals surface area contributed by atoms with Crippen molar-refractivity contribution in [2.24, 2.45) is 0 Å². The predicted octanol–water partition coefficient (Wildman–Crippen LogP) is 2.56. The van der Waals surface area contributed by atoms with E-state index >= 15 is 0 Å². The molecule has 0 aromatic heterocycles. The molecule has 0 aliphatic carbocycles. The van der Waals surface area contributed by atoms with Crippen LogP contribution in [0.2, 0.25) is 5.02 Å². The first-order valence-corrected chi connectivity index (χ1v) is 5.88. The third-order valence-electron chi connectivity index (χ3n) is 2.47. The van der Waals surface area contributed by atoms with Crippen LogP contribution < -0.4 is 5.32 Å². The van der Waals surface area contributed by atoms with Gasteiger partial charge in [0.2, 0.25) is 0 Å². The first-order chi connectivity index (χ1) is 8.97. The standard InChI is InChI=1S/C12H16ClFN2O3/c1-16(7-11(18-2)19-3)12(17)15-10-5-4-8(13)6-9(10)14/h4-6,11H,7H2,1-3H3,(H,15,17). The van der Waals surface area contributed by atoms with Gasteiger partial charge in [-0.15, -0.1) is 0 Å². The van der Waals surface area contributed by atoms with Gasteiger partial charge in [-0.25, -0.2) is 9.18 Å². The minimum atomic E-state index is -0.593. The Labute approximate surface area is 116 Å². The van der Waals surface area contributed by atoms with Crippen LogP contribution in [-0.4, -0.2) is 45.0 Å². The van der Waals surface area contributed by atoms with Gasteiger partial charge in [0.25, 0.3) is 0 Å². The third kappa shape index (κ3) is 4.66. The van der Waals surface area contributed by atoms with Crippen LogP contribution in [0.25, 0.3) is 0 Å². The van der Waals surface area contributed by atoms with E-state index in [2.05, 4.69) is 5.32 Å². The summed E-state index contributed by atoms with van der Waals surface area (Å²) in [5.41, 5.74) is 0.0626. The van der Waals surface area contributed by atoms with Crippen LogP contribution in [0.3, 0.4) is 0 Å². The SMILES string of the molecule is COC(CN(C)C(=O)Nc1ccc(Cl)cc1F)OC. The molecular formula is C12H16ClFN2O3. The van der Waals surface area contributed by atoms with Crippen molar-refractivity contribution < 1.29 is 18.7 Å². The van der Waals surface area contributed by atoms with Gasteiger partial charge in [-0.05, 0) is 18.2 Å². The second kappa shape index (κ2) is 7.28. The van der Waals surface area contributed by atoms with Crippen molar-refractivity contribution in [3.8, 4) is 0 Å². The fourth-order valence-electron chi connectivity index (χ4n) is 1.35. The maximum atomic E-state index is 13.5. The molecule has 0 aliphatic rings. The topological polar surface area (TPSA) is 50.8 Å². The molecule has 1 aromatic carbocycles. The summed E-state index contributed by atoms with van der Waals surface area (Å²) in [5.74, 6) is -0.593. The van der Waals surface area contributed by atoms with Gasteiger partial charge in [-0.2, -0.15) is 0 Å². The highest BCUT2D eigenvalue weighted by atomic mass is 35.5. The molecule has 0 bridgehead atoms. The Hall–Kier alpha value is -1.37. The average molecular weight is 291 g/mol. The number of hydrogen-bond acceptors (Lipinski definition) is 3. The maximum Gasteiger partial charge on any atom is 0.321 e. The molecule has 106 valence electrons. The fraction of sp³-hybridized carbons (Fsp3) is 0.417. The van der Waals surface area contributed by atoms with Gasteiger partial charge < -0.3 is 19.7 Å². The average Bonchev–Trinajstić information content (AvgIpc) is 2.38. The number of likely N-dealkylation sites (N-methyl/N-ethyl adjacent to an activating group) is 1. The summed E-state index contributed by atoms with van der Waals surface area (Å²) in [6.45, 7) is 0.216. The lowest BCUT2D eigenvalue weighted by molar-refractivity contribution is -0.108. The molecule has 0 saturated carbocycles. The summed E-state index contributed by atoms with van der Waals surface area (Å²) >= 11 is 5.63. The second-order valence-electron chi connectivity index (χ2n) is 3.84. The molecule has 0 unspecified atom stereocenters. The van der Waals surface area contributed by atoms with Gasteiger partial charge in [-0.3, -0.25) is 0 Å². The predicted molar refractivity (Wildman–Crippen MR) is 70.9 cm³/mol. The molecule has 2 amide bonds. The summed E-state index contributed by atoms with van der Waals surface area (Å²) in [6, 6.07) is 3.55. The quantitative estimate of drug-likeness (QED) is 0.848. The number of amides is 2. The van der Waals surface area contributed by atoms with Crippen molar-refractivity contribution in [1.82, 2.24) is 4.90 Å². The van der Waals surface area contributed by atoms with E-state index in [0.29, 0.717) is 0 Å². The number of nitrogens with zero attached hydrogens (tertiary/aromatic N) is 1. The first-order valence-electron chi connectivity index (χ1n) is 5.50. The monoisotopic (exact) mass is 290 g/mol. The summed E-state index contributed by atoms with van der Waals surface area (Å²) in [5, 5.41) is 2.70. The van der Waals surface area contributed by atoms with E-state index in [9.17, 15) is 9.18 Å². The van der Waals surface area contributed by atoms with Crippen LogP contribution in [0.15, 0.2) is 18.2 Å². The number of anilines is 1. The highest BCUT2D eigenvalue weighted by Crippen LogP contribution is 2.19. The number of rotatable bonds is 5. The van der Waals surface area contributed by atoms with Crippen molar-refractivity contribution in [2.75, 3.05) is 33.1 Å². The van der Waals surface area contributed by atoms with Crippen molar-refractivity contribution in [1.29, 1.82) is 0 Å². The number of carbonyl (C=O) groups is 1. The number of hydrogen-bond donors (Lipinski definition) is 1. The van der Waals surface area contributed by atoms with Gasteiger partial charge >= 0.3 is 6.03 Å². The molecule has 1 aromatic rings. The Morgan fingerprint density at radius 3 is 2.63 bits per heavy atom. The number of benzene rings is 1. The summed E-state index contributed by atoms with van der Waals surface area (Å²) < 4.78 is 23.5. The zero-order chi connectivity index (χ0) is 14.4. The minimum Gasteiger partial charge on any atom is -0.354 e. The van der Waals surface area contributed by atoms with Crippen molar-refractivity contribution in [3.05, 3.63) is 29.0 Å². The van der Waals surface area contributed by atoms with Crippen LogP contribution in [-0.2, 0) is 9.47 Å². The van der Waals surface area contributed by atoms with Crippen molar-refractivity contribution in [2.45, 2.75) is 6.29 Å². The first kappa shape index (κ1) is 15.7. The number of nitrogens with one attached hydrogen (secondary N) is 1. The van der Waals surface area contributed by atoms with E-state index in [0.717, 1.165) is 6.07 Å². The number of carbonyl (C=O) groups excluding carboxylic acids is 1. The minimum absolute atomic E-state index is 0.0626. The molecule has 0 fully saturated rings. The molecule has 7 heteroatoms. The van der Waals surface area contributed by atoms with Crippen LogP contribution in [0.4, 0.5) is 14.9 Å². The fourth-order valence-corrected chi connectivity index (χ4v) is 1.51. The molecule has 0 atom stereocenters. The maximum absolute atomic E-state index is 13.5. The lowest BCUT2D eigenvalue weighted by atomic mass is 10.3. The molecule has 0 spiro atoms. The van der Waals surface area contributed by atoms with Gasteiger partial charge in [0, 0.05) is 26.3 Å². The highest BCUT2D eigenvalue weighted by molar-refractivity contribution is 6.30. The largest absolute Gasteiger partial charge is 0.354 e. The summed E-state index contributed by atoms with van der Waals surface area (Å²) in [4.78, 5) is 13.1. The number of ether oxygens (including phenoxy) is 2. The van der Waals surface area contributed by atoms with Gasteiger partial charge in [0.15, 0.2) is 6.29 Å². The Morgan fingerprint density at radius 2 is 2.11 bits per heavy atom. The Bertz CT molecular complexity index is 441. The molecule has 5 nitrogen and oxygen atoms in total. The van der Waals surface area contributed by atoms with Gasteiger partial charge in [0.1, 0.15) is 5.82 Å². The molecule has 0 heterocycles. The Kier molecular flexibility index (Phi) is 6.01. The zero-order valence-corrected chi connectivity index (χ0v) is 11.7. The van der Waals surface area contributed by atoms with Crippen molar-refractivity contribution in [3.63, 3.8) is 0 Å². The molecule has 1 rings (SSSR count). The van der Waals surface area contributed by atoms with E-state index in [-0.39, 0.29) is 17.3 Å². The normalized spacial score (nSPS) is 10.6. The van der Waals surface area contributed by atoms with E-state index in [1.165, 1.54) is 31.3 Å². The second-order valence-corrected chi connectivity index (χ2v) is 4.27. The molecule has 0 radical (unpaired) electrons. The Morgan fingerprint density at radius 1 is 1.47 bits per heavy atom. The van der Waals surface area contributed by atoms with Crippen molar-refractivity contribution >= 4 is 23.3 Å². The smallest absolute Gasteiger partial charge is 0.321 e. The Balaban J connectivity index is 2.63. The molecule has 1 N–H and O–H groups in total. The van der Waals surface area contributed by atoms with E-state index < -0.39 is 18.1 Å². The van der Waals surface area contributed by atoms with Crippen LogP contribution in [0.1, 0.15) is 0 Å². The molecule has 19 heavy (non-hydrogen) atoms. The highest BCUT2D eigenvalue weighted by Gasteiger charge is 2.16. The van der Waals surface area contributed by atoms with Gasteiger partial charge in [-0.1, -0.05) is 11.6 Å².